The van der Waals surface area contributed by atoms with Gasteiger partial charge in [0, 0.05) is 5.39 Å². The van der Waals surface area contributed by atoms with Crippen LogP contribution in [0.4, 0.5) is 0 Å². The zero-order valence-corrected chi connectivity index (χ0v) is 8.00. The molecule has 0 saturated carbocycles. The van der Waals surface area contributed by atoms with Crippen LogP contribution in [0.5, 0.6) is 5.75 Å². The lowest BCUT2D eigenvalue weighted by atomic mass is 10.1. The van der Waals surface area contributed by atoms with E-state index in [1.165, 1.54) is 0 Å². The van der Waals surface area contributed by atoms with E-state index in [2.05, 4.69) is 10.2 Å². The van der Waals surface area contributed by atoms with Crippen molar-refractivity contribution < 1.29 is 9.53 Å². The van der Waals surface area contributed by atoms with Crippen LogP contribution in [0.25, 0.3) is 10.9 Å². The van der Waals surface area contributed by atoms with Crippen molar-refractivity contribution in [1.82, 2.24) is 10.2 Å². The van der Waals surface area contributed by atoms with Crippen LogP contribution in [0.2, 0.25) is 0 Å². The minimum absolute atomic E-state index is 0.497. The van der Waals surface area contributed by atoms with Gasteiger partial charge in [0.25, 0.3) is 0 Å². The van der Waals surface area contributed by atoms with E-state index in [0.717, 1.165) is 17.2 Å². The van der Waals surface area contributed by atoms with Crippen LogP contribution in [-0.4, -0.2) is 23.6 Å². The minimum Gasteiger partial charge on any atom is -0.494 e. The maximum Gasteiger partial charge on any atom is 0.168 e. The number of aryl methyl sites for hydroxylation is 1. The monoisotopic (exact) mass is 190 g/mol. The lowest BCUT2D eigenvalue weighted by Gasteiger charge is -2.01. The highest BCUT2D eigenvalue weighted by atomic mass is 16.5. The molecular formula is C10H10N2O2. The topological polar surface area (TPSA) is 55.0 Å². The van der Waals surface area contributed by atoms with Gasteiger partial charge in [0.05, 0.1) is 7.11 Å². The maximum atomic E-state index is 10.7. The average molecular weight is 190 g/mol. The number of nitrogens with one attached hydrogen (secondary N) is 1. The standard InChI is InChI=1S/C10H10N2O2/c1-6-3-4-8(14-2)10-9(6)7(5-13)11-12-10/h3-5H,1-2H3,(H,11,12). The number of H-pyrrole nitrogens is 1. The number of ether oxygens (including phenoxy) is 1. The molecule has 0 saturated heterocycles. The van der Waals surface area contributed by atoms with Crippen molar-refractivity contribution in [2.75, 3.05) is 7.11 Å². The van der Waals surface area contributed by atoms with E-state index in [1.807, 2.05) is 19.1 Å². The second-order valence-electron chi connectivity index (χ2n) is 3.06. The summed E-state index contributed by atoms with van der Waals surface area (Å²) in [6, 6.07) is 3.75. The molecule has 0 aliphatic heterocycles. The molecule has 0 atom stereocenters. The normalized spacial score (nSPS) is 10.4. The molecule has 1 heterocycles. The molecule has 0 radical (unpaired) electrons. The zero-order valence-electron chi connectivity index (χ0n) is 8.00. The minimum atomic E-state index is 0.497. The van der Waals surface area contributed by atoms with E-state index in [1.54, 1.807) is 7.11 Å². The highest BCUT2D eigenvalue weighted by molar-refractivity contribution is 5.99. The SMILES string of the molecule is COc1ccc(C)c2c(C=O)[nH]nc12. The average Bonchev–Trinajstić information content (AvgIpc) is 2.63. The molecular weight excluding hydrogens is 180 g/mol. The number of carbonyl (C=O) groups excluding carboxylic acids is 1. The molecule has 0 fully saturated rings. The van der Waals surface area contributed by atoms with E-state index in [9.17, 15) is 4.79 Å². The Balaban J connectivity index is 2.86. The van der Waals surface area contributed by atoms with Gasteiger partial charge in [-0.1, -0.05) is 6.07 Å². The highest BCUT2D eigenvalue weighted by Crippen LogP contribution is 2.27. The Morgan fingerprint density at radius 2 is 2.29 bits per heavy atom. The number of nitrogens with zero attached hydrogens (tertiary/aromatic N) is 1. The summed E-state index contributed by atoms with van der Waals surface area (Å²) < 4.78 is 5.14. The molecule has 0 unspecified atom stereocenters. The fraction of sp³-hybridized carbons (Fsp3) is 0.200. The lowest BCUT2D eigenvalue weighted by Crippen LogP contribution is -1.86. The number of rotatable bonds is 2. The first-order valence-corrected chi connectivity index (χ1v) is 4.24. The number of aromatic nitrogens is 2. The van der Waals surface area contributed by atoms with Gasteiger partial charge in [-0.3, -0.25) is 9.89 Å². The molecule has 1 aromatic carbocycles. The van der Waals surface area contributed by atoms with Crippen molar-refractivity contribution in [2.45, 2.75) is 6.92 Å². The van der Waals surface area contributed by atoms with Gasteiger partial charge in [-0.15, -0.1) is 0 Å². The van der Waals surface area contributed by atoms with E-state index in [-0.39, 0.29) is 0 Å². The van der Waals surface area contributed by atoms with Crippen LogP contribution in [0.15, 0.2) is 12.1 Å². The molecule has 4 nitrogen and oxygen atoms in total. The fourth-order valence-electron chi connectivity index (χ4n) is 1.55. The van der Waals surface area contributed by atoms with E-state index in [4.69, 9.17) is 4.74 Å². The van der Waals surface area contributed by atoms with Gasteiger partial charge in [0.2, 0.25) is 0 Å². The number of aromatic amines is 1. The van der Waals surface area contributed by atoms with Crippen molar-refractivity contribution in [1.29, 1.82) is 0 Å². The Labute approximate surface area is 80.9 Å². The number of aldehydes is 1. The molecule has 0 spiro atoms. The summed E-state index contributed by atoms with van der Waals surface area (Å²) in [5, 5.41) is 7.55. The third kappa shape index (κ3) is 1.08. The summed E-state index contributed by atoms with van der Waals surface area (Å²) in [5.41, 5.74) is 2.21. The number of hydrogen-bond acceptors (Lipinski definition) is 3. The van der Waals surface area contributed by atoms with Crippen molar-refractivity contribution in [3.63, 3.8) is 0 Å². The summed E-state index contributed by atoms with van der Waals surface area (Å²) in [6.07, 6.45) is 0.766. The van der Waals surface area contributed by atoms with Crippen molar-refractivity contribution in [2.24, 2.45) is 0 Å². The van der Waals surface area contributed by atoms with E-state index >= 15 is 0 Å². The predicted molar refractivity (Wildman–Crippen MR) is 52.8 cm³/mol. The van der Waals surface area contributed by atoms with Gasteiger partial charge >= 0.3 is 0 Å². The fourth-order valence-corrected chi connectivity index (χ4v) is 1.55. The number of hydrogen-bond donors (Lipinski definition) is 1. The Kier molecular flexibility index (Phi) is 1.96. The molecule has 1 N–H and O–H groups in total. The molecule has 4 heteroatoms. The molecule has 72 valence electrons. The van der Waals surface area contributed by atoms with Crippen LogP contribution in [0, 0.1) is 6.92 Å². The zero-order chi connectivity index (χ0) is 10.1. The third-order valence-corrected chi connectivity index (χ3v) is 2.24. The number of methoxy groups -OCH3 is 1. The van der Waals surface area contributed by atoms with Gasteiger partial charge in [0.15, 0.2) is 6.29 Å². The predicted octanol–water partition coefficient (Wildman–Crippen LogP) is 1.69. The summed E-state index contributed by atoms with van der Waals surface area (Å²) in [7, 11) is 1.58. The Hall–Kier alpha value is -1.84. The largest absolute Gasteiger partial charge is 0.494 e. The number of fused-ring (bicyclic) bond motifs is 1. The highest BCUT2D eigenvalue weighted by Gasteiger charge is 2.11. The summed E-state index contributed by atoms with van der Waals surface area (Å²) in [4.78, 5) is 10.7. The van der Waals surface area contributed by atoms with Gasteiger partial charge in [-0.05, 0) is 18.6 Å². The van der Waals surface area contributed by atoms with Gasteiger partial charge < -0.3 is 4.74 Å². The molecule has 0 amide bonds. The first-order chi connectivity index (χ1) is 6.77. The number of benzene rings is 1. The smallest absolute Gasteiger partial charge is 0.168 e. The summed E-state index contributed by atoms with van der Waals surface area (Å²) >= 11 is 0. The second kappa shape index (κ2) is 3.14. The molecule has 2 aromatic rings. The van der Waals surface area contributed by atoms with E-state index in [0.29, 0.717) is 17.0 Å². The summed E-state index contributed by atoms with van der Waals surface area (Å²) in [6.45, 7) is 1.93. The first-order valence-electron chi connectivity index (χ1n) is 4.24. The van der Waals surface area contributed by atoms with Gasteiger partial charge in [-0.25, -0.2) is 0 Å². The first kappa shape index (κ1) is 8.74. The molecule has 0 aliphatic rings. The van der Waals surface area contributed by atoms with Crippen molar-refractivity contribution in [3.8, 4) is 5.75 Å². The molecule has 0 bridgehead atoms. The van der Waals surface area contributed by atoms with Crippen LogP contribution in [0.1, 0.15) is 16.1 Å². The molecule has 0 aliphatic carbocycles. The van der Waals surface area contributed by atoms with Gasteiger partial charge in [-0.2, -0.15) is 5.10 Å². The molecule has 2 rings (SSSR count). The quantitative estimate of drug-likeness (QED) is 0.733. The Morgan fingerprint density at radius 1 is 1.50 bits per heavy atom. The lowest BCUT2D eigenvalue weighted by molar-refractivity contribution is 0.112. The van der Waals surface area contributed by atoms with Crippen LogP contribution in [0.3, 0.4) is 0 Å². The summed E-state index contributed by atoms with van der Waals surface area (Å²) in [5.74, 6) is 0.676. The van der Waals surface area contributed by atoms with Crippen LogP contribution < -0.4 is 4.74 Å². The van der Waals surface area contributed by atoms with Crippen molar-refractivity contribution >= 4 is 17.2 Å². The van der Waals surface area contributed by atoms with Crippen LogP contribution in [-0.2, 0) is 0 Å². The number of carbonyl (C=O) groups is 1. The second-order valence-corrected chi connectivity index (χ2v) is 3.06. The Bertz CT molecular complexity index is 488. The van der Waals surface area contributed by atoms with Crippen LogP contribution >= 0.6 is 0 Å². The Morgan fingerprint density at radius 3 is 2.93 bits per heavy atom. The van der Waals surface area contributed by atoms with Gasteiger partial charge in [0.1, 0.15) is 17.0 Å². The van der Waals surface area contributed by atoms with Crippen molar-refractivity contribution in [3.05, 3.63) is 23.4 Å². The molecule has 14 heavy (non-hydrogen) atoms. The third-order valence-electron chi connectivity index (χ3n) is 2.24. The maximum absolute atomic E-state index is 10.7. The molecule has 1 aromatic heterocycles. The van der Waals surface area contributed by atoms with E-state index < -0.39 is 0 Å².